The van der Waals surface area contributed by atoms with Crippen LogP contribution in [-0.4, -0.2) is 12.1 Å². The smallest absolute Gasteiger partial charge is 0.409 e. The highest BCUT2D eigenvalue weighted by Crippen LogP contribution is 2.23. The zero-order valence-electron chi connectivity index (χ0n) is 12.3. The zero-order valence-corrected chi connectivity index (χ0v) is 12.3. The highest BCUT2D eigenvalue weighted by atomic mass is 19.4. The number of carbonyl (C=O) groups is 1. The summed E-state index contributed by atoms with van der Waals surface area (Å²) in [7, 11) is 0. The first-order chi connectivity index (χ1) is 11.2. The number of esters is 1. The number of rotatable bonds is 3. The van der Waals surface area contributed by atoms with E-state index < -0.39 is 23.8 Å². The second-order valence-electron chi connectivity index (χ2n) is 4.93. The average molecular weight is 342 g/mol. The summed E-state index contributed by atoms with van der Waals surface area (Å²) in [4.78, 5) is 11.9. The molecule has 0 saturated carbocycles. The molecular weight excluding hydrogens is 331 g/mol. The summed E-state index contributed by atoms with van der Waals surface area (Å²) in [6.45, 7) is 1.64. The van der Waals surface area contributed by atoms with E-state index in [9.17, 15) is 26.7 Å². The normalized spacial score (nSPS) is 11.8. The number of allylic oxidation sites excluding steroid dienone is 1. The molecule has 126 valence electrons. The van der Waals surface area contributed by atoms with Crippen molar-refractivity contribution in [2.45, 2.75) is 13.1 Å². The standard InChI is InChI=1S/C17H11F5O2/c1-10-2-5-13(15(19)8-10)16(23)24-12-4-3-11(14(18)9-12)6-7-17(20,21)22/h2-9H,1H3/b7-6+. The monoisotopic (exact) mass is 342 g/mol. The lowest BCUT2D eigenvalue weighted by molar-refractivity contribution is -0.0790. The molecule has 7 heteroatoms. The van der Waals surface area contributed by atoms with Crippen molar-refractivity contribution in [1.29, 1.82) is 0 Å². The van der Waals surface area contributed by atoms with Gasteiger partial charge in [-0.25, -0.2) is 13.6 Å². The predicted molar refractivity (Wildman–Crippen MR) is 77.6 cm³/mol. The Kier molecular flexibility index (Phi) is 5.02. The number of hydrogen-bond donors (Lipinski definition) is 0. The Hall–Kier alpha value is -2.70. The van der Waals surface area contributed by atoms with Crippen molar-refractivity contribution in [3.63, 3.8) is 0 Å². The van der Waals surface area contributed by atoms with Gasteiger partial charge in [-0.2, -0.15) is 13.2 Å². The van der Waals surface area contributed by atoms with Gasteiger partial charge in [-0.05, 0) is 42.8 Å². The molecule has 0 atom stereocenters. The molecule has 0 aromatic heterocycles. The molecule has 0 bridgehead atoms. The summed E-state index contributed by atoms with van der Waals surface area (Å²) in [6.07, 6.45) is -4.13. The van der Waals surface area contributed by atoms with Gasteiger partial charge in [0.05, 0.1) is 5.56 Å². The van der Waals surface area contributed by atoms with E-state index in [4.69, 9.17) is 4.74 Å². The van der Waals surface area contributed by atoms with Crippen LogP contribution in [0.15, 0.2) is 42.5 Å². The molecule has 0 amide bonds. The minimum absolute atomic E-state index is 0.112. The van der Waals surface area contributed by atoms with Crippen molar-refractivity contribution in [2.75, 3.05) is 0 Å². The molecule has 2 aromatic carbocycles. The molecule has 2 rings (SSSR count). The molecule has 0 radical (unpaired) electrons. The first kappa shape index (κ1) is 17.7. The van der Waals surface area contributed by atoms with Gasteiger partial charge in [-0.3, -0.25) is 0 Å². The molecule has 24 heavy (non-hydrogen) atoms. The molecule has 0 saturated heterocycles. The summed E-state index contributed by atoms with van der Waals surface area (Å²) in [6, 6.07) is 6.76. The summed E-state index contributed by atoms with van der Waals surface area (Å²) >= 11 is 0. The Balaban J connectivity index is 2.17. The lowest BCUT2D eigenvalue weighted by Crippen LogP contribution is -2.11. The van der Waals surface area contributed by atoms with Gasteiger partial charge in [0.1, 0.15) is 17.4 Å². The SMILES string of the molecule is Cc1ccc(C(=O)Oc2ccc(/C=C/C(F)(F)F)c(F)c2)c(F)c1. The van der Waals surface area contributed by atoms with E-state index in [0.29, 0.717) is 11.6 Å². The Morgan fingerprint density at radius 2 is 1.75 bits per heavy atom. The van der Waals surface area contributed by atoms with Crippen molar-refractivity contribution in [1.82, 2.24) is 0 Å². The molecule has 0 heterocycles. The zero-order chi connectivity index (χ0) is 17.9. The molecule has 0 spiro atoms. The van der Waals surface area contributed by atoms with Crippen LogP contribution in [0.2, 0.25) is 0 Å². The van der Waals surface area contributed by atoms with Gasteiger partial charge in [0.25, 0.3) is 0 Å². The van der Waals surface area contributed by atoms with Crippen molar-refractivity contribution >= 4 is 12.0 Å². The highest BCUT2D eigenvalue weighted by Gasteiger charge is 2.22. The van der Waals surface area contributed by atoms with Gasteiger partial charge in [0, 0.05) is 17.7 Å². The van der Waals surface area contributed by atoms with Crippen LogP contribution in [0.3, 0.4) is 0 Å². The molecule has 2 nitrogen and oxygen atoms in total. The maximum atomic E-state index is 13.7. The van der Waals surface area contributed by atoms with E-state index in [-0.39, 0.29) is 23.0 Å². The van der Waals surface area contributed by atoms with Crippen LogP contribution < -0.4 is 4.74 Å². The highest BCUT2D eigenvalue weighted by molar-refractivity contribution is 5.91. The van der Waals surface area contributed by atoms with Crippen molar-refractivity contribution in [2.24, 2.45) is 0 Å². The molecular formula is C17H11F5O2. The molecule has 0 N–H and O–H groups in total. The molecule has 0 unspecified atom stereocenters. The number of ether oxygens (including phenoxy) is 1. The van der Waals surface area contributed by atoms with Gasteiger partial charge in [-0.1, -0.05) is 6.07 Å². The number of halogens is 5. The molecule has 0 aliphatic carbocycles. The Bertz CT molecular complexity index is 794. The number of benzene rings is 2. The number of hydrogen-bond acceptors (Lipinski definition) is 2. The quantitative estimate of drug-likeness (QED) is 0.442. The Labute approximate surface area is 134 Å². The van der Waals surface area contributed by atoms with E-state index in [1.54, 1.807) is 6.92 Å². The minimum atomic E-state index is -4.57. The van der Waals surface area contributed by atoms with Crippen LogP contribution >= 0.6 is 0 Å². The third kappa shape index (κ3) is 4.65. The van der Waals surface area contributed by atoms with Crippen LogP contribution in [0.5, 0.6) is 5.75 Å². The lowest BCUT2D eigenvalue weighted by Gasteiger charge is -2.07. The maximum Gasteiger partial charge on any atom is 0.409 e. The van der Waals surface area contributed by atoms with E-state index >= 15 is 0 Å². The van der Waals surface area contributed by atoms with Crippen LogP contribution in [0.25, 0.3) is 6.08 Å². The second-order valence-corrected chi connectivity index (χ2v) is 4.93. The number of alkyl halides is 3. The number of carbonyl (C=O) groups excluding carboxylic acids is 1. The summed E-state index contributed by atoms with van der Waals surface area (Å²) in [5.41, 5.74) is -0.0495. The van der Waals surface area contributed by atoms with Crippen molar-refractivity contribution in [3.8, 4) is 5.75 Å². The van der Waals surface area contributed by atoms with E-state index in [1.165, 1.54) is 12.1 Å². The summed E-state index contributed by atoms with van der Waals surface area (Å²) in [5.74, 6) is -3.08. The molecule has 0 fully saturated rings. The van der Waals surface area contributed by atoms with Crippen molar-refractivity contribution < 1.29 is 31.5 Å². The van der Waals surface area contributed by atoms with E-state index in [2.05, 4.69) is 0 Å². The molecule has 0 aliphatic rings. The average Bonchev–Trinajstić information content (AvgIpc) is 2.45. The third-order valence-corrected chi connectivity index (χ3v) is 2.98. The van der Waals surface area contributed by atoms with Gasteiger partial charge in [0.15, 0.2) is 0 Å². The molecule has 2 aromatic rings. The Morgan fingerprint density at radius 1 is 1.04 bits per heavy atom. The third-order valence-electron chi connectivity index (χ3n) is 2.98. The first-order valence-corrected chi connectivity index (χ1v) is 6.69. The fourth-order valence-electron chi connectivity index (χ4n) is 1.84. The topological polar surface area (TPSA) is 26.3 Å². The first-order valence-electron chi connectivity index (χ1n) is 6.69. The van der Waals surface area contributed by atoms with Gasteiger partial charge >= 0.3 is 12.1 Å². The van der Waals surface area contributed by atoms with Crippen LogP contribution in [0, 0.1) is 18.6 Å². The fourth-order valence-corrected chi connectivity index (χ4v) is 1.84. The van der Waals surface area contributed by atoms with Crippen LogP contribution in [0.1, 0.15) is 21.5 Å². The summed E-state index contributed by atoms with van der Waals surface area (Å²) in [5, 5.41) is 0. The minimum Gasteiger partial charge on any atom is -0.423 e. The van der Waals surface area contributed by atoms with E-state index in [1.807, 2.05) is 0 Å². The fraction of sp³-hybridized carbons (Fsp3) is 0.118. The lowest BCUT2D eigenvalue weighted by atomic mass is 10.1. The van der Waals surface area contributed by atoms with Gasteiger partial charge in [0.2, 0.25) is 0 Å². The summed E-state index contributed by atoms with van der Waals surface area (Å²) < 4.78 is 68.4. The molecule has 0 aliphatic heterocycles. The van der Waals surface area contributed by atoms with Gasteiger partial charge in [-0.15, -0.1) is 0 Å². The largest absolute Gasteiger partial charge is 0.423 e. The van der Waals surface area contributed by atoms with Gasteiger partial charge < -0.3 is 4.74 Å². The second kappa shape index (κ2) is 6.82. The van der Waals surface area contributed by atoms with Crippen LogP contribution in [-0.2, 0) is 0 Å². The Morgan fingerprint density at radius 3 is 2.33 bits per heavy atom. The number of aryl methyl sites for hydroxylation is 1. The maximum absolute atomic E-state index is 13.7. The van der Waals surface area contributed by atoms with Crippen LogP contribution in [0.4, 0.5) is 22.0 Å². The predicted octanol–water partition coefficient (Wildman–Crippen LogP) is 5.07. The van der Waals surface area contributed by atoms with E-state index in [0.717, 1.165) is 24.3 Å². The van der Waals surface area contributed by atoms with Crippen molar-refractivity contribution in [3.05, 3.63) is 70.8 Å².